The average molecular weight is 452 g/mol. The normalized spacial score (nSPS) is 17.7. The molecule has 0 atom stereocenters. The second kappa shape index (κ2) is 8.23. The van der Waals surface area contributed by atoms with Crippen LogP contribution in [0.1, 0.15) is 34.7 Å². The summed E-state index contributed by atoms with van der Waals surface area (Å²) in [5.74, 6) is -2.08. The highest BCUT2D eigenvalue weighted by Gasteiger charge is 2.35. The van der Waals surface area contributed by atoms with Crippen molar-refractivity contribution in [3.05, 3.63) is 87.6 Å². The zero-order chi connectivity index (χ0) is 23.1. The molecule has 2 heterocycles. The fraction of sp³-hybridized carbons (Fsp3) is 0.208. The number of aromatic nitrogens is 3. The van der Waals surface area contributed by atoms with Crippen LogP contribution in [0, 0.1) is 23.4 Å². The van der Waals surface area contributed by atoms with Crippen molar-refractivity contribution in [1.82, 2.24) is 20.5 Å². The molecule has 1 amide bonds. The highest BCUT2D eigenvalue weighted by molar-refractivity contribution is 5.94. The lowest BCUT2D eigenvalue weighted by Gasteiger charge is -2.36. The molecule has 168 valence electrons. The van der Waals surface area contributed by atoms with Gasteiger partial charge in [-0.2, -0.15) is 5.10 Å². The van der Waals surface area contributed by atoms with Gasteiger partial charge in [-0.25, -0.2) is 18.3 Å². The number of carbonyl (C=O) groups excluding carboxylic acids is 1. The van der Waals surface area contributed by atoms with Crippen molar-refractivity contribution in [3.8, 4) is 11.3 Å². The van der Waals surface area contributed by atoms with Gasteiger partial charge in [-0.15, -0.1) is 0 Å². The molecular weight excluding hydrogens is 433 g/mol. The number of H-pyrrole nitrogens is 2. The van der Waals surface area contributed by atoms with Crippen LogP contribution in [0.15, 0.2) is 53.5 Å². The highest BCUT2D eigenvalue weighted by atomic mass is 19.1. The minimum absolute atomic E-state index is 0.00577. The Balaban J connectivity index is 1.38. The Kier molecular flexibility index (Phi) is 5.24. The average Bonchev–Trinajstić information content (AvgIpc) is 3.13. The molecule has 5 rings (SSSR count). The van der Waals surface area contributed by atoms with E-state index in [0.29, 0.717) is 36.0 Å². The van der Waals surface area contributed by atoms with Gasteiger partial charge in [0.15, 0.2) is 0 Å². The third-order valence-electron chi connectivity index (χ3n) is 6.16. The summed E-state index contributed by atoms with van der Waals surface area (Å²) in [6.45, 7) is 0.369. The second-order valence-electron chi connectivity index (χ2n) is 8.27. The van der Waals surface area contributed by atoms with Crippen molar-refractivity contribution < 1.29 is 18.0 Å². The Morgan fingerprint density at radius 3 is 2.55 bits per heavy atom. The van der Waals surface area contributed by atoms with Gasteiger partial charge in [-0.1, -0.05) is 0 Å². The Morgan fingerprint density at radius 2 is 1.82 bits per heavy atom. The maximum atomic E-state index is 14.5. The predicted octanol–water partition coefficient (Wildman–Crippen LogP) is 4.26. The van der Waals surface area contributed by atoms with Crippen LogP contribution < -0.4 is 10.9 Å². The van der Waals surface area contributed by atoms with E-state index in [1.165, 1.54) is 30.5 Å². The van der Waals surface area contributed by atoms with Gasteiger partial charge in [-0.05, 0) is 72.2 Å². The van der Waals surface area contributed by atoms with Gasteiger partial charge in [0.25, 0.3) is 11.5 Å². The summed E-state index contributed by atoms with van der Waals surface area (Å²) in [5.41, 5.74) is 1.72. The van der Waals surface area contributed by atoms with Crippen LogP contribution in [0.5, 0.6) is 0 Å². The number of nitrogens with zero attached hydrogens (tertiary/aromatic N) is 1. The summed E-state index contributed by atoms with van der Waals surface area (Å²) in [6.07, 6.45) is 2.71. The fourth-order valence-corrected chi connectivity index (χ4v) is 4.50. The summed E-state index contributed by atoms with van der Waals surface area (Å²) >= 11 is 0. The predicted molar refractivity (Wildman–Crippen MR) is 116 cm³/mol. The van der Waals surface area contributed by atoms with E-state index in [0.717, 1.165) is 11.6 Å². The Labute approximate surface area is 185 Å². The highest BCUT2D eigenvalue weighted by Crippen LogP contribution is 2.48. The topological polar surface area (TPSA) is 90.6 Å². The molecule has 0 unspecified atom stereocenters. The molecule has 33 heavy (non-hydrogen) atoms. The van der Waals surface area contributed by atoms with Crippen LogP contribution in [0.25, 0.3) is 22.2 Å². The molecule has 3 N–H and O–H groups in total. The zero-order valence-electron chi connectivity index (χ0n) is 17.3. The monoisotopic (exact) mass is 452 g/mol. The first kappa shape index (κ1) is 21.0. The number of amides is 1. The van der Waals surface area contributed by atoms with Crippen LogP contribution in [0.3, 0.4) is 0 Å². The van der Waals surface area contributed by atoms with Crippen molar-refractivity contribution in [3.63, 3.8) is 0 Å². The van der Waals surface area contributed by atoms with Crippen LogP contribution in [0.2, 0.25) is 0 Å². The molecule has 0 aliphatic heterocycles. The summed E-state index contributed by atoms with van der Waals surface area (Å²) in [7, 11) is 0. The van der Waals surface area contributed by atoms with E-state index >= 15 is 0 Å². The van der Waals surface area contributed by atoms with E-state index in [1.807, 2.05) is 0 Å². The van der Waals surface area contributed by atoms with Crippen molar-refractivity contribution >= 4 is 16.8 Å². The van der Waals surface area contributed by atoms with Crippen LogP contribution in [-0.2, 0) is 0 Å². The SMILES string of the molecule is O=C(NCC1CC(c2c(-c3ccc(F)cc3)[nH]c3c(F)cc(F)cc23)C1)c1ccn[nH]c1=O. The van der Waals surface area contributed by atoms with Crippen molar-refractivity contribution in [2.75, 3.05) is 6.54 Å². The van der Waals surface area contributed by atoms with Gasteiger partial charge in [0.2, 0.25) is 0 Å². The quantitative estimate of drug-likeness (QED) is 0.423. The van der Waals surface area contributed by atoms with Crippen molar-refractivity contribution in [2.45, 2.75) is 18.8 Å². The van der Waals surface area contributed by atoms with Crippen LogP contribution in [0.4, 0.5) is 13.2 Å². The van der Waals surface area contributed by atoms with E-state index < -0.39 is 23.1 Å². The number of carbonyl (C=O) groups is 1. The molecule has 4 aromatic rings. The van der Waals surface area contributed by atoms with Crippen molar-refractivity contribution in [2.24, 2.45) is 5.92 Å². The lowest BCUT2D eigenvalue weighted by Crippen LogP contribution is -2.37. The molecular formula is C24H19F3N4O2. The lowest BCUT2D eigenvalue weighted by molar-refractivity contribution is 0.0933. The molecule has 2 aromatic carbocycles. The number of hydrogen-bond acceptors (Lipinski definition) is 3. The van der Waals surface area contributed by atoms with Crippen LogP contribution >= 0.6 is 0 Å². The Hall–Kier alpha value is -3.88. The molecule has 0 bridgehead atoms. The number of hydrogen-bond donors (Lipinski definition) is 3. The number of benzene rings is 2. The molecule has 6 nitrogen and oxygen atoms in total. The largest absolute Gasteiger partial charge is 0.352 e. The Morgan fingerprint density at radius 1 is 1.06 bits per heavy atom. The van der Waals surface area contributed by atoms with E-state index in [-0.39, 0.29) is 28.7 Å². The van der Waals surface area contributed by atoms with Gasteiger partial charge in [0.1, 0.15) is 23.0 Å². The standard InChI is InChI=1S/C24H19F3N4O2/c25-15-3-1-13(2-4-15)21-20(18-9-16(26)10-19(27)22(18)30-21)14-7-12(8-14)11-28-23(32)17-5-6-29-31-24(17)33/h1-6,9-10,12,14,30H,7-8,11H2,(H,28,32)(H,31,33). The summed E-state index contributed by atoms with van der Waals surface area (Å²) in [6, 6.07) is 9.32. The lowest BCUT2D eigenvalue weighted by atomic mass is 9.70. The summed E-state index contributed by atoms with van der Waals surface area (Å²) in [5, 5.41) is 9.01. The van der Waals surface area contributed by atoms with Gasteiger partial charge in [0.05, 0.1) is 11.2 Å². The summed E-state index contributed by atoms with van der Waals surface area (Å²) < 4.78 is 41.9. The number of rotatable bonds is 5. The first-order chi connectivity index (χ1) is 15.9. The maximum Gasteiger partial charge on any atom is 0.277 e. The fourth-order valence-electron chi connectivity index (χ4n) is 4.50. The smallest absolute Gasteiger partial charge is 0.277 e. The molecule has 1 aliphatic rings. The maximum absolute atomic E-state index is 14.5. The van der Waals surface area contributed by atoms with Gasteiger partial charge >= 0.3 is 0 Å². The third kappa shape index (κ3) is 3.90. The van der Waals surface area contributed by atoms with E-state index in [1.54, 1.807) is 12.1 Å². The third-order valence-corrected chi connectivity index (χ3v) is 6.16. The molecule has 1 saturated carbocycles. The van der Waals surface area contributed by atoms with Crippen LogP contribution in [-0.4, -0.2) is 27.6 Å². The number of nitrogens with one attached hydrogen (secondary N) is 3. The zero-order valence-corrected chi connectivity index (χ0v) is 17.3. The molecule has 1 fully saturated rings. The number of halogens is 3. The van der Waals surface area contributed by atoms with E-state index in [4.69, 9.17) is 0 Å². The van der Waals surface area contributed by atoms with Gasteiger partial charge < -0.3 is 10.3 Å². The molecule has 1 aliphatic carbocycles. The second-order valence-corrected chi connectivity index (χ2v) is 8.27. The first-order valence-corrected chi connectivity index (χ1v) is 10.5. The van der Waals surface area contributed by atoms with Gasteiger partial charge in [0, 0.05) is 24.2 Å². The Bertz CT molecular complexity index is 1410. The number of aromatic amines is 2. The minimum atomic E-state index is -0.690. The molecule has 9 heteroatoms. The van der Waals surface area contributed by atoms with E-state index in [9.17, 15) is 22.8 Å². The summed E-state index contributed by atoms with van der Waals surface area (Å²) in [4.78, 5) is 27.0. The molecule has 2 aromatic heterocycles. The van der Waals surface area contributed by atoms with E-state index in [2.05, 4.69) is 20.5 Å². The van der Waals surface area contributed by atoms with Gasteiger partial charge in [-0.3, -0.25) is 9.59 Å². The number of fused-ring (bicyclic) bond motifs is 1. The molecule has 0 radical (unpaired) electrons. The first-order valence-electron chi connectivity index (χ1n) is 10.5. The minimum Gasteiger partial charge on any atom is -0.352 e. The van der Waals surface area contributed by atoms with Crippen molar-refractivity contribution in [1.29, 1.82) is 0 Å². The molecule has 0 saturated heterocycles. The molecule has 0 spiro atoms.